The van der Waals surface area contributed by atoms with E-state index in [1.54, 1.807) is 12.1 Å². The number of carbonyl (C=O) groups excluding carboxylic acids is 1. The molecule has 1 aromatic carbocycles. The van der Waals surface area contributed by atoms with E-state index in [0.29, 0.717) is 23.4 Å². The van der Waals surface area contributed by atoms with Gasteiger partial charge in [-0.15, -0.1) is 0 Å². The normalized spacial score (nSPS) is 16.5. The van der Waals surface area contributed by atoms with Gasteiger partial charge < -0.3 is 10.4 Å². The van der Waals surface area contributed by atoms with E-state index >= 15 is 0 Å². The number of amides is 1. The average Bonchev–Trinajstić information content (AvgIpc) is 2.30. The van der Waals surface area contributed by atoms with Gasteiger partial charge in [-0.3, -0.25) is 9.59 Å². The molecule has 2 N–H and O–H groups in total. The van der Waals surface area contributed by atoms with E-state index in [4.69, 9.17) is 11.6 Å². The van der Waals surface area contributed by atoms with Crippen molar-refractivity contribution in [1.82, 2.24) is 5.32 Å². The molecule has 5 heteroatoms. The molecule has 1 saturated carbocycles. The minimum absolute atomic E-state index is 0.158. The van der Waals surface area contributed by atoms with Crippen LogP contribution in [0.2, 0.25) is 5.02 Å². The van der Waals surface area contributed by atoms with Crippen molar-refractivity contribution in [1.29, 1.82) is 0 Å². The van der Waals surface area contributed by atoms with Gasteiger partial charge >= 0.3 is 5.97 Å². The van der Waals surface area contributed by atoms with Crippen LogP contribution in [0, 0.1) is 12.3 Å². The Morgan fingerprint density at radius 1 is 1.42 bits per heavy atom. The van der Waals surface area contributed by atoms with Crippen LogP contribution in [0.3, 0.4) is 0 Å². The quantitative estimate of drug-likeness (QED) is 0.891. The number of aliphatic carboxylic acids is 1. The lowest BCUT2D eigenvalue weighted by Gasteiger charge is -2.37. The minimum atomic E-state index is -0.839. The Morgan fingerprint density at radius 2 is 2.11 bits per heavy atom. The predicted octanol–water partition coefficient (Wildman–Crippen LogP) is 2.63. The van der Waals surface area contributed by atoms with Crippen LogP contribution in [0.1, 0.15) is 35.2 Å². The molecule has 1 aliphatic carbocycles. The molecule has 0 atom stereocenters. The summed E-state index contributed by atoms with van der Waals surface area (Å²) in [4.78, 5) is 23.2. The second-order valence-corrected chi connectivity index (χ2v) is 5.44. The number of carboxylic acids is 1. The molecule has 1 aromatic rings. The zero-order valence-electron chi connectivity index (χ0n) is 10.7. The maximum absolute atomic E-state index is 12.0. The molecule has 0 spiro atoms. The van der Waals surface area contributed by atoms with E-state index in [-0.39, 0.29) is 12.5 Å². The molecule has 0 saturated heterocycles. The van der Waals surface area contributed by atoms with Crippen LogP contribution in [0.25, 0.3) is 0 Å². The third kappa shape index (κ3) is 2.59. The van der Waals surface area contributed by atoms with Crippen LogP contribution in [0.15, 0.2) is 18.2 Å². The molecule has 0 bridgehead atoms. The van der Waals surface area contributed by atoms with Gasteiger partial charge in [0.05, 0.1) is 16.0 Å². The van der Waals surface area contributed by atoms with Crippen molar-refractivity contribution in [2.45, 2.75) is 26.2 Å². The number of carbonyl (C=O) groups is 2. The van der Waals surface area contributed by atoms with Crippen LogP contribution in [-0.2, 0) is 4.79 Å². The molecule has 19 heavy (non-hydrogen) atoms. The lowest BCUT2D eigenvalue weighted by Crippen LogP contribution is -2.47. The molecule has 1 fully saturated rings. The van der Waals surface area contributed by atoms with Gasteiger partial charge in [-0.05, 0) is 31.4 Å². The third-order valence-electron chi connectivity index (χ3n) is 3.79. The number of hydrogen-bond acceptors (Lipinski definition) is 2. The SMILES string of the molecule is Cc1cccc(C(=O)NCC2(C(=O)O)CCC2)c1Cl. The van der Waals surface area contributed by atoms with E-state index in [1.807, 2.05) is 13.0 Å². The van der Waals surface area contributed by atoms with E-state index in [0.717, 1.165) is 12.0 Å². The van der Waals surface area contributed by atoms with Crippen molar-refractivity contribution < 1.29 is 14.7 Å². The molecule has 2 rings (SSSR count). The summed E-state index contributed by atoms with van der Waals surface area (Å²) in [6.45, 7) is 1.98. The first-order valence-electron chi connectivity index (χ1n) is 6.23. The summed E-state index contributed by atoms with van der Waals surface area (Å²) >= 11 is 6.07. The second-order valence-electron chi connectivity index (χ2n) is 5.06. The van der Waals surface area contributed by atoms with Crippen LogP contribution >= 0.6 is 11.6 Å². The summed E-state index contributed by atoms with van der Waals surface area (Å²) in [7, 11) is 0. The largest absolute Gasteiger partial charge is 0.481 e. The molecule has 4 nitrogen and oxygen atoms in total. The summed E-state index contributed by atoms with van der Waals surface area (Å²) < 4.78 is 0. The van der Waals surface area contributed by atoms with Gasteiger partial charge in [0.15, 0.2) is 0 Å². The summed E-state index contributed by atoms with van der Waals surface area (Å²) in [5, 5.41) is 12.3. The molecule has 102 valence electrons. The lowest BCUT2D eigenvalue weighted by molar-refractivity contribution is -0.153. The second kappa shape index (κ2) is 5.21. The Kier molecular flexibility index (Phi) is 3.80. The topological polar surface area (TPSA) is 66.4 Å². The van der Waals surface area contributed by atoms with Gasteiger partial charge in [0.25, 0.3) is 5.91 Å². The molecule has 0 unspecified atom stereocenters. The molecule has 0 aromatic heterocycles. The highest BCUT2D eigenvalue weighted by molar-refractivity contribution is 6.34. The molecular weight excluding hydrogens is 266 g/mol. The van der Waals surface area contributed by atoms with E-state index in [2.05, 4.69) is 5.32 Å². The van der Waals surface area contributed by atoms with Crippen molar-refractivity contribution >= 4 is 23.5 Å². The first-order valence-corrected chi connectivity index (χ1v) is 6.61. The monoisotopic (exact) mass is 281 g/mol. The summed E-state index contributed by atoms with van der Waals surface area (Å²) in [5.74, 6) is -1.16. The number of rotatable bonds is 4. The van der Waals surface area contributed by atoms with Crippen LogP contribution in [0.5, 0.6) is 0 Å². The molecular formula is C14H16ClNO3. The Bertz CT molecular complexity index is 523. The van der Waals surface area contributed by atoms with Gasteiger partial charge in [-0.25, -0.2) is 0 Å². The van der Waals surface area contributed by atoms with Gasteiger partial charge in [0, 0.05) is 6.54 Å². The lowest BCUT2D eigenvalue weighted by atomic mass is 9.69. The Morgan fingerprint density at radius 3 is 2.63 bits per heavy atom. The van der Waals surface area contributed by atoms with E-state index in [9.17, 15) is 14.7 Å². The highest BCUT2D eigenvalue weighted by Crippen LogP contribution is 2.40. The highest BCUT2D eigenvalue weighted by atomic mass is 35.5. The minimum Gasteiger partial charge on any atom is -0.481 e. The van der Waals surface area contributed by atoms with Crippen LogP contribution < -0.4 is 5.32 Å². The smallest absolute Gasteiger partial charge is 0.311 e. The van der Waals surface area contributed by atoms with Crippen molar-refractivity contribution in [3.8, 4) is 0 Å². The van der Waals surface area contributed by atoms with Crippen molar-refractivity contribution in [3.05, 3.63) is 34.3 Å². The van der Waals surface area contributed by atoms with E-state index < -0.39 is 11.4 Å². The third-order valence-corrected chi connectivity index (χ3v) is 4.29. The summed E-state index contributed by atoms with van der Waals surface area (Å²) in [6, 6.07) is 5.22. The zero-order valence-corrected chi connectivity index (χ0v) is 11.5. The number of carboxylic acid groups (broad SMARTS) is 1. The molecule has 0 heterocycles. The standard InChI is InChI=1S/C14H16ClNO3/c1-9-4-2-5-10(11(9)15)12(17)16-8-14(13(18)19)6-3-7-14/h2,4-5H,3,6-8H2,1H3,(H,16,17)(H,18,19). The molecule has 1 amide bonds. The summed E-state index contributed by atoms with van der Waals surface area (Å²) in [6.07, 6.45) is 2.13. The van der Waals surface area contributed by atoms with Gasteiger partial charge in [0.2, 0.25) is 0 Å². The number of benzene rings is 1. The Labute approximate surface area is 116 Å². The highest BCUT2D eigenvalue weighted by Gasteiger charge is 2.44. The molecule has 0 radical (unpaired) electrons. The van der Waals surface area contributed by atoms with Crippen LogP contribution in [0.4, 0.5) is 0 Å². The first kappa shape index (κ1) is 13.9. The summed E-state index contributed by atoms with van der Waals surface area (Å²) in [5.41, 5.74) is 0.429. The maximum atomic E-state index is 12.0. The fraction of sp³-hybridized carbons (Fsp3) is 0.429. The first-order chi connectivity index (χ1) is 8.96. The average molecular weight is 282 g/mol. The number of halogens is 1. The van der Waals surface area contributed by atoms with E-state index in [1.165, 1.54) is 0 Å². The number of nitrogens with one attached hydrogen (secondary N) is 1. The number of aryl methyl sites for hydroxylation is 1. The molecule has 0 aliphatic heterocycles. The number of hydrogen-bond donors (Lipinski definition) is 2. The molecule has 1 aliphatic rings. The zero-order chi connectivity index (χ0) is 14.0. The predicted molar refractivity (Wildman–Crippen MR) is 72.4 cm³/mol. The van der Waals surface area contributed by atoms with Crippen LogP contribution in [-0.4, -0.2) is 23.5 Å². The Hall–Kier alpha value is -1.55. The van der Waals surface area contributed by atoms with Crippen molar-refractivity contribution in [3.63, 3.8) is 0 Å². The van der Waals surface area contributed by atoms with Crippen molar-refractivity contribution in [2.75, 3.05) is 6.54 Å². The Balaban J connectivity index is 2.06. The fourth-order valence-electron chi connectivity index (χ4n) is 2.24. The van der Waals surface area contributed by atoms with Gasteiger partial charge in [0.1, 0.15) is 0 Å². The van der Waals surface area contributed by atoms with Crippen molar-refractivity contribution in [2.24, 2.45) is 5.41 Å². The van der Waals surface area contributed by atoms with Gasteiger partial charge in [-0.1, -0.05) is 30.2 Å². The van der Waals surface area contributed by atoms with Gasteiger partial charge in [-0.2, -0.15) is 0 Å². The maximum Gasteiger partial charge on any atom is 0.311 e. The fourth-order valence-corrected chi connectivity index (χ4v) is 2.45.